The SMILES string of the molecule is CC[C@@H]1C(=O)NCCN1C(=O)C1CCN(c2ccc(C(F)(F)F)cn2)CC1. The van der Waals surface area contributed by atoms with Gasteiger partial charge in [-0.2, -0.15) is 13.2 Å². The molecule has 1 N–H and O–H groups in total. The molecule has 3 heterocycles. The fraction of sp³-hybridized carbons (Fsp3) is 0.611. The lowest BCUT2D eigenvalue weighted by Gasteiger charge is -2.39. The first-order valence-electron chi connectivity index (χ1n) is 9.17. The van der Waals surface area contributed by atoms with E-state index in [1.54, 1.807) is 4.90 Å². The molecular weight excluding hydrogens is 361 g/mol. The minimum absolute atomic E-state index is 0.00303. The highest BCUT2D eigenvalue weighted by molar-refractivity contribution is 5.89. The lowest BCUT2D eigenvalue weighted by molar-refractivity contribution is -0.146. The van der Waals surface area contributed by atoms with Crippen molar-refractivity contribution in [1.82, 2.24) is 15.2 Å². The number of hydrogen-bond acceptors (Lipinski definition) is 4. The number of nitrogens with zero attached hydrogens (tertiary/aromatic N) is 3. The van der Waals surface area contributed by atoms with Gasteiger partial charge in [0.05, 0.1) is 5.56 Å². The quantitative estimate of drug-likeness (QED) is 0.866. The van der Waals surface area contributed by atoms with Gasteiger partial charge >= 0.3 is 6.18 Å². The van der Waals surface area contributed by atoms with Crippen molar-refractivity contribution in [2.75, 3.05) is 31.1 Å². The smallest absolute Gasteiger partial charge is 0.357 e. The van der Waals surface area contributed by atoms with Gasteiger partial charge in [0.2, 0.25) is 11.8 Å². The number of carbonyl (C=O) groups excluding carboxylic acids is 2. The molecule has 2 aliphatic heterocycles. The van der Waals surface area contributed by atoms with E-state index in [-0.39, 0.29) is 17.7 Å². The number of anilines is 1. The largest absolute Gasteiger partial charge is 0.417 e. The molecule has 3 rings (SSSR count). The van der Waals surface area contributed by atoms with Crippen molar-refractivity contribution in [3.63, 3.8) is 0 Å². The number of aromatic nitrogens is 1. The molecule has 0 aliphatic carbocycles. The van der Waals surface area contributed by atoms with Gasteiger partial charge in [0.1, 0.15) is 11.9 Å². The van der Waals surface area contributed by atoms with Gasteiger partial charge in [-0.3, -0.25) is 9.59 Å². The lowest BCUT2D eigenvalue weighted by Crippen LogP contribution is -2.58. The first-order valence-corrected chi connectivity index (χ1v) is 9.17. The Labute approximate surface area is 155 Å². The molecule has 0 aromatic carbocycles. The highest BCUT2D eigenvalue weighted by Gasteiger charge is 2.36. The van der Waals surface area contributed by atoms with Crippen LogP contribution in [0.3, 0.4) is 0 Å². The number of amides is 2. The van der Waals surface area contributed by atoms with Crippen molar-refractivity contribution in [3.05, 3.63) is 23.9 Å². The number of rotatable bonds is 3. The van der Waals surface area contributed by atoms with Gasteiger partial charge in [-0.15, -0.1) is 0 Å². The second kappa shape index (κ2) is 7.74. The number of piperidine rings is 1. The summed E-state index contributed by atoms with van der Waals surface area (Å²) in [6.07, 6.45) is -1.80. The van der Waals surface area contributed by atoms with Gasteiger partial charge in [0, 0.05) is 38.3 Å². The second-order valence-electron chi connectivity index (χ2n) is 6.91. The van der Waals surface area contributed by atoms with Crippen LogP contribution in [0.1, 0.15) is 31.7 Å². The molecule has 1 aromatic heterocycles. The zero-order valence-corrected chi connectivity index (χ0v) is 15.1. The van der Waals surface area contributed by atoms with E-state index in [0.29, 0.717) is 51.3 Å². The number of nitrogens with one attached hydrogen (secondary N) is 1. The van der Waals surface area contributed by atoms with Crippen molar-refractivity contribution in [2.24, 2.45) is 5.92 Å². The first kappa shape index (κ1) is 19.4. The molecule has 9 heteroatoms. The normalized spacial score (nSPS) is 21.9. The van der Waals surface area contributed by atoms with Gasteiger partial charge < -0.3 is 15.1 Å². The molecule has 27 heavy (non-hydrogen) atoms. The lowest BCUT2D eigenvalue weighted by atomic mass is 9.93. The fourth-order valence-corrected chi connectivity index (χ4v) is 3.72. The molecule has 0 bridgehead atoms. The van der Waals surface area contributed by atoms with Crippen LogP contribution in [0.5, 0.6) is 0 Å². The van der Waals surface area contributed by atoms with E-state index in [4.69, 9.17) is 0 Å². The predicted molar refractivity (Wildman–Crippen MR) is 93.0 cm³/mol. The molecule has 2 amide bonds. The fourth-order valence-electron chi connectivity index (χ4n) is 3.72. The summed E-state index contributed by atoms with van der Waals surface area (Å²) < 4.78 is 37.9. The summed E-state index contributed by atoms with van der Waals surface area (Å²) in [5.74, 6) is 0.202. The van der Waals surface area contributed by atoms with Crippen molar-refractivity contribution >= 4 is 17.6 Å². The molecule has 1 aromatic rings. The maximum atomic E-state index is 12.9. The molecule has 6 nitrogen and oxygen atoms in total. The highest BCUT2D eigenvalue weighted by atomic mass is 19.4. The third-order valence-electron chi connectivity index (χ3n) is 5.24. The summed E-state index contributed by atoms with van der Waals surface area (Å²) >= 11 is 0. The number of alkyl halides is 3. The van der Waals surface area contributed by atoms with Crippen LogP contribution in [0.2, 0.25) is 0 Å². The second-order valence-corrected chi connectivity index (χ2v) is 6.91. The van der Waals surface area contributed by atoms with Crippen LogP contribution in [-0.4, -0.2) is 53.9 Å². The number of carbonyl (C=O) groups is 2. The Balaban J connectivity index is 1.60. The Hall–Kier alpha value is -2.32. The van der Waals surface area contributed by atoms with Crippen molar-refractivity contribution in [3.8, 4) is 0 Å². The molecule has 2 fully saturated rings. The summed E-state index contributed by atoms with van der Waals surface area (Å²) in [4.78, 5) is 32.3. The summed E-state index contributed by atoms with van der Waals surface area (Å²) in [6, 6.07) is 1.98. The van der Waals surface area contributed by atoms with Crippen LogP contribution in [-0.2, 0) is 15.8 Å². The van der Waals surface area contributed by atoms with Gasteiger partial charge in [-0.1, -0.05) is 6.92 Å². The molecule has 2 saturated heterocycles. The third kappa shape index (κ3) is 4.17. The predicted octanol–water partition coefficient (Wildman–Crippen LogP) is 2.05. The number of hydrogen-bond donors (Lipinski definition) is 1. The standard InChI is InChI=1S/C18H23F3N4O2/c1-2-14-16(26)22-7-10-25(14)17(27)12-5-8-24(9-6-12)15-4-3-13(11-23-15)18(19,20)21/h3-4,11-12,14H,2,5-10H2,1H3,(H,22,26)/t14-/m1/s1. The van der Waals surface area contributed by atoms with E-state index in [1.807, 2.05) is 11.8 Å². The average Bonchev–Trinajstić information content (AvgIpc) is 2.67. The van der Waals surface area contributed by atoms with Gasteiger partial charge in [0.15, 0.2) is 0 Å². The van der Waals surface area contributed by atoms with E-state index in [9.17, 15) is 22.8 Å². The molecule has 0 spiro atoms. The van der Waals surface area contributed by atoms with Gasteiger partial charge in [-0.25, -0.2) is 4.98 Å². The Kier molecular flexibility index (Phi) is 5.57. The van der Waals surface area contributed by atoms with Gasteiger partial charge in [-0.05, 0) is 31.4 Å². The number of pyridine rings is 1. The van der Waals surface area contributed by atoms with Crippen LogP contribution in [0.4, 0.5) is 19.0 Å². The molecular formula is C18H23F3N4O2. The first-order chi connectivity index (χ1) is 12.8. The monoisotopic (exact) mass is 384 g/mol. The Morgan fingerprint density at radius 1 is 1.26 bits per heavy atom. The van der Waals surface area contributed by atoms with Crippen LogP contribution >= 0.6 is 0 Å². The van der Waals surface area contributed by atoms with Crippen molar-refractivity contribution in [1.29, 1.82) is 0 Å². The summed E-state index contributed by atoms with van der Waals surface area (Å²) in [6.45, 7) is 3.96. The molecule has 0 saturated carbocycles. The molecule has 148 valence electrons. The van der Waals surface area contributed by atoms with Gasteiger partial charge in [0.25, 0.3) is 0 Å². The number of piperazine rings is 1. The summed E-state index contributed by atoms with van der Waals surface area (Å²) in [5.41, 5.74) is -0.773. The zero-order chi connectivity index (χ0) is 19.6. The third-order valence-corrected chi connectivity index (χ3v) is 5.24. The van der Waals surface area contributed by atoms with Crippen LogP contribution in [0.25, 0.3) is 0 Å². The average molecular weight is 384 g/mol. The maximum absolute atomic E-state index is 12.9. The van der Waals surface area contributed by atoms with E-state index >= 15 is 0 Å². The summed E-state index contributed by atoms with van der Waals surface area (Å²) in [7, 11) is 0. The minimum atomic E-state index is -4.40. The molecule has 0 unspecified atom stereocenters. The highest BCUT2D eigenvalue weighted by Crippen LogP contribution is 2.30. The van der Waals surface area contributed by atoms with Crippen molar-refractivity contribution < 1.29 is 22.8 Å². The van der Waals surface area contributed by atoms with E-state index in [1.165, 1.54) is 6.07 Å². The Bertz CT molecular complexity index is 685. The summed E-state index contributed by atoms with van der Waals surface area (Å²) in [5, 5.41) is 2.79. The topological polar surface area (TPSA) is 65.5 Å². The number of halogens is 3. The molecule has 2 aliphatic rings. The van der Waals surface area contributed by atoms with E-state index in [2.05, 4.69) is 10.3 Å². The molecule has 1 atom stereocenters. The van der Waals surface area contributed by atoms with E-state index in [0.717, 1.165) is 12.3 Å². The minimum Gasteiger partial charge on any atom is -0.357 e. The molecule has 0 radical (unpaired) electrons. The zero-order valence-electron chi connectivity index (χ0n) is 15.1. The maximum Gasteiger partial charge on any atom is 0.417 e. The van der Waals surface area contributed by atoms with Crippen LogP contribution < -0.4 is 10.2 Å². The van der Waals surface area contributed by atoms with Crippen molar-refractivity contribution in [2.45, 2.75) is 38.4 Å². The van der Waals surface area contributed by atoms with Crippen LogP contribution in [0.15, 0.2) is 18.3 Å². The van der Waals surface area contributed by atoms with Crippen LogP contribution in [0, 0.1) is 5.92 Å². The Morgan fingerprint density at radius 3 is 2.52 bits per heavy atom. The van der Waals surface area contributed by atoms with E-state index < -0.39 is 17.8 Å². The Morgan fingerprint density at radius 2 is 1.96 bits per heavy atom.